The van der Waals surface area contributed by atoms with Crippen molar-refractivity contribution in [1.29, 1.82) is 0 Å². The Morgan fingerprint density at radius 3 is 2.54 bits per heavy atom. The van der Waals surface area contributed by atoms with Crippen molar-refractivity contribution in [1.82, 2.24) is 0 Å². The lowest BCUT2D eigenvalue weighted by Gasteiger charge is -2.09. The van der Waals surface area contributed by atoms with Crippen LogP contribution in [0.25, 0.3) is 0 Å². The van der Waals surface area contributed by atoms with Crippen LogP contribution in [0.2, 0.25) is 0 Å². The van der Waals surface area contributed by atoms with E-state index in [1.54, 1.807) is 12.1 Å². The van der Waals surface area contributed by atoms with Gasteiger partial charge in [0.25, 0.3) is 0 Å². The first-order chi connectivity index (χ1) is 6.34. The number of aliphatic hydroxyl groups is 2. The number of rotatable bonds is 5. The van der Waals surface area contributed by atoms with Crippen LogP contribution in [0.5, 0.6) is 0 Å². The Morgan fingerprint density at radius 2 is 1.92 bits per heavy atom. The minimum atomic E-state index is -0.402. The number of hydrogen-bond acceptors (Lipinski definition) is 2. The van der Waals surface area contributed by atoms with Crippen LogP contribution in [-0.2, 0) is 0 Å². The van der Waals surface area contributed by atoms with Gasteiger partial charge in [-0.1, -0.05) is 24.3 Å². The first-order valence-electron chi connectivity index (χ1n) is 4.59. The van der Waals surface area contributed by atoms with Crippen LogP contribution < -0.4 is 0 Å². The molecule has 0 aromatic heterocycles. The standard InChI is InChI=1S/C11H15O2/c12-9-5-4-8-11(13)10-6-2-1-3-7-10/h2-3,6-7,11-13H,4-5,8-9H2. The summed E-state index contributed by atoms with van der Waals surface area (Å²) in [7, 11) is 0. The Balaban J connectivity index is 2.35. The zero-order valence-corrected chi connectivity index (χ0v) is 7.61. The Morgan fingerprint density at radius 1 is 1.23 bits per heavy atom. The molecule has 0 aliphatic carbocycles. The van der Waals surface area contributed by atoms with E-state index in [9.17, 15) is 5.11 Å². The largest absolute Gasteiger partial charge is 0.396 e. The lowest BCUT2D eigenvalue weighted by Crippen LogP contribution is -1.97. The maximum atomic E-state index is 9.65. The second-order valence-corrected chi connectivity index (χ2v) is 3.07. The fourth-order valence-electron chi connectivity index (χ4n) is 1.24. The van der Waals surface area contributed by atoms with Gasteiger partial charge in [0.15, 0.2) is 0 Å². The summed E-state index contributed by atoms with van der Waals surface area (Å²) in [6.45, 7) is 0.204. The number of benzene rings is 1. The zero-order chi connectivity index (χ0) is 9.52. The smallest absolute Gasteiger partial charge is 0.0790 e. The molecule has 0 saturated carbocycles. The van der Waals surface area contributed by atoms with Crippen molar-refractivity contribution >= 4 is 0 Å². The van der Waals surface area contributed by atoms with Crippen molar-refractivity contribution in [3.05, 3.63) is 35.9 Å². The summed E-state index contributed by atoms with van der Waals surface area (Å²) in [6.07, 6.45) is 1.93. The van der Waals surface area contributed by atoms with Crippen LogP contribution in [0.1, 0.15) is 30.9 Å². The third kappa shape index (κ3) is 3.57. The van der Waals surface area contributed by atoms with Gasteiger partial charge >= 0.3 is 0 Å². The van der Waals surface area contributed by atoms with E-state index in [-0.39, 0.29) is 6.61 Å². The van der Waals surface area contributed by atoms with E-state index in [0.717, 1.165) is 18.4 Å². The van der Waals surface area contributed by atoms with E-state index >= 15 is 0 Å². The van der Waals surface area contributed by atoms with Gasteiger partial charge in [0.1, 0.15) is 0 Å². The number of aliphatic hydroxyl groups excluding tert-OH is 2. The first-order valence-corrected chi connectivity index (χ1v) is 4.59. The van der Waals surface area contributed by atoms with Gasteiger partial charge in [-0.25, -0.2) is 0 Å². The summed E-state index contributed by atoms with van der Waals surface area (Å²) in [5.74, 6) is 0. The molecule has 1 aromatic rings. The van der Waals surface area contributed by atoms with Gasteiger partial charge in [-0.05, 0) is 30.9 Å². The van der Waals surface area contributed by atoms with Gasteiger partial charge < -0.3 is 10.2 Å². The molecule has 1 aromatic carbocycles. The fraction of sp³-hybridized carbons (Fsp3) is 0.455. The van der Waals surface area contributed by atoms with E-state index in [0.29, 0.717) is 6.42 Å². The van der Waals surface area contributed by atoms with Crippen LogP contribution in [0.3, 0.4) is 0 Å². The molecule has 13 heavy (non-hydrogen) atoms. The minimum Gasteiger partial charge on any atom is -0.396 e. The molecule has 0 bridgehead atoms. The average molecular weight is 179 g/mol. The Kier molecular flexibility index (Phi) is 4.50. The van der Waals surface area contributed by atoms with Crippen LogP contribution in [0, 0.1) is 6.07 Å². The SMILES string of the molecule is OCCCCC(O)c1cc[c]cc1. The molecule has 71 valence electrons. The van der Waals surface area contributed by atoms with Gasteiger partial charge in [-0.3, -0.25) is 0 Å². The van der Waals surface area contributed by atoms with Crippen LogP contribution in [0.15, 0.2) is 24.3 Å². The van der Waals surface area contributed by atoms with Gasteiger partial charge in [0.05, 0.1) is 6.10 Å². The summed E-state index contributed by atoms with van der Waals surface area (Å²) in [4.78, 5) is 0. The van der Waals surface area contributed by atoms with Gasteiger partial charge in [-0.15, -0.1) is 0 Å². The van der Waals surface area contributed by atoms with E-state index in [1.807, 2.05) is 12.1 Å². The summed E-state index contributed by atoms with van der Waals surface area (Å²) >= 11 is 0. The quantitative estimate of drug-likeness (QED) is 0.675. The molecular weight excluding hydrogens is 164 g/mol. The Bertz CT molecular complexity index is 221. The molecule has 0 aliphatic heterocycles. The second-order valence-electron chi connectivity index (χ2n) is 3.07. The molecule has 1 rings (SSSR count). The topological polar surface area (TPSA) is 40.5 Å². The van der Waals surface area contributed by atoms with E-state index in [2.05, 4.69) is 6.07 Å². The predicted molar refractivity (Wildman–Crippen MR) is 51.2 cm³/mol. The van der Waals surface area contributed by atoms with Crippen molar-refractivity contribution in [3.8, 4) is 0 Å². The van der Waals surface area contributed by atoms with Gasteiger partial charge in [0, 0.05) is 6.61 Å². The zero-order valence-electron chi connectivity index (χ0n) is 7.61. The third-order valence-electron chi connectivity index (χ3n) is 2.01. The molecule has 2 N–H and O–H groups in total. The van der Waals surface area contributed by atoms with Crippen LogP contribution in [-0.4, -0.2) is 16.8 Å². The summed E-state index contributed by atoms with van der Waals surface area (Å²) in [5, 5.41) is 18.2. The van der Waals surface area contributed by atoms with Crippen molar-refractivity contribution < 1.29 is 10.2 Å². The Hall–Kier alpha value is -0.860. The highest BCUT2D eigenvalue weighted by Gasteiger charge is 2.05. The molecular formula is C11H15O2. The summed E-state index contributed by atoms with van der Waals surface area (Å²) in [5.41, 5.74) is 0.927. The minimum absolute atomic E-state index is 0.204. The van der Waals surface area contributed by atoms with Crippen molar-refractivity contribution in [3.63, 3.8) is 0 Å². The van der Waals surface area contributed by atoms with Crippen molar-refractivity contribution in [2.24, 2.45) is 0 Å². The van der Waals surface area contributed by atoms with E-state index < -0.39 is 6.10 Å². The van der Waals surface area contributed by atoms with Crippen molar-refractivity contribution in [2.45, 2.75) is 25.4 Å². The maximum absolute atomic E-state index is 9.65. The lowest BCUT2D eigenvalue weighted by molar-refractivity contribution is 0.159. The molecule has 2 heteroatoms. The molecule has 0 aliphatic rings. The van der Waals surface area contributed by atoms with Gasteiger partial charge in [-0.2, -0.15) is 0 Å². The van der Waals surface area contributed by atoms with Crippen molar-refractivity contribution in [2.75, 3.05) is 6.61 Å². The highest BCUT2D eigenvalue weighted by atomic mass is 16.3. The molecule has 0 spiro atoms. The summed E-state index contributed by atoms with van der Waals surface area (Å²) in [6, 6.07) is 10.2. The maximum Gasteiger partial charge on any atom is 0.0790 e. The molecule has 0 fully saturated rings. The molecule has 2 nitrogen and oxygen atoms in total. The third-order valence-corrected chi connectivity index (χ3v) is 2.01. The lowest BCUT2D eigenvalue weighted by atomic mass is 10.0. The molecule has 1 unspecified atom stereocenters. The molecule has 0 heterocycles. The second kappa shape index (κ2) is 5.73. The monoisotopic (exact) mass is 179 g/mol. The highest BCUT2D eigenvalue weighted by Crippen LogP contribution is 2.17. The van der Waals surface area contributed by atoms with Gasteiger partial charge in [0.2, 0.25) is 0 Å². The normalized spacial score (nSPS) is 12.8. The van der Waals surface area contributed by atoms with E-state index in [1.165, 1.54) is 0 Å². The fourth-order valence-corrected chi connectivity index (χ4v) is 1.24. The van der Waals surface area contributed by atoms with Crippen LogP contribution >= 0.6 is 0 Å². The molecule has 0 saturated heterocycles. The van der Waals surface area contributed by atoms with E-state index in [4.69, 9.17) is 5.11 Å². The molecule has 1 radical (unpaired) electrons. The predicted octanol–water partition coefficient (Wildman–Crippen LogP) is 1.68. The van der Waals surface area contributed by atoms with Crippen LogP contribution in [0.4, 0.5) is 0 Å². The Labute approximate surface area is 78.8 Å². The molecule has 0 amide bonds. The number of unbranched alkanes of at least 4 members (excludes halogenated alkanes) is 1. The summed E-state index contributed by atoms with van der Waals surface area (Å²) < 4.78 is 0. The first kappa shape index (κ1) is 10.2. The number of hydrogen-bond donors (Lipinski definition) is 2. The molecule has 1 atom stereocenters. The average Bonchev–Trinajstić information content (AvgIpc) is 2.19. The highest BCUT2D eigenvalue weighted by molar-refractivity contribution is 5.16.